The first-order valence-corrected chi connectivity index (χ1v) is 14.7. The van der Waals surface area contributed by atoms with E-state index in [-0.39, 0.29) is 38.5 Å². The number of nitrogen functional groups attached to an aromatic ring is 1. The molecule has 2 aromatic rings. The fraction of sp³-hybridized carbons (Fsp3) is 0.300. The van der Waals surface area contributed by atoms with Crippen LogP contribution in [0.15, 0.2) is 46.6 Å². The van der Waals surface area contributed by atoms with Crippen molar-refractivity contribution in [2.75, 3.05) is 15.5 Å². The van der Waals surface area contributed by atoms with E-state index in [9.17, 15) is 38.1 Å². The fourth-order valence-electron chi connectivity index (χ4n) is 5.48. The Labute approximate surface area is 286 Å². The number of carbonyl (C=O) groups excluding carboxylic acids is 4. The molecule has 0 saturated carbocycles. The number of rotatable bonds is 3. The van der Waals surface area contributed by atoms with Crippen LogP contribution in [0.4, 0.5) is 31.5 Å². The Balaban J connectivity index is 0.000000226. The zero-order chi connectivity index (χ0) is 34.0. The summed E-state index contributed by atoms with van der Waals surface area (Å²) in [5.41, 5.74) is 6.44. The molecular weight excluding hydrogens is 709 g/mol. The number of nitro groups is 1. The second kappa shape index (κ2) is 15.2. The van der Waals surface area contributed by atoms with Crippen molar-refractivity contribution in [1.82, 2.24) is 0 Å². The summed E-state index contributed by atoms with van der Waals surface area (Å²) in [5.74, 6) is -4.59. The number of hydrogen-bond acceptors (Lipinski definition) is 8. The Morgan fingerprint density at radius 3 is 1.43 bits per heavy atom. The summed E-state index contributed by atoms with van der Waals surface area (Å²) in [6.07, 6.45) is 5.39. The number of imide groups is 2. The number of amides is 4. The average molecular weight is 735 g/mol. The number of nitro benzene ring substituents is 1. The predicted molar refractivity (Wildman–Crippen MR) is 163 cm³/mol. The number of halogens is 4. The summed E-state index contributed by atoms with van der Waals surface area (Å²) >= 11 is 11.3. The molecule has 47 heavy (non-hydrogen) atoms. The van der Waals surface area contributed by atoms with Crippen molar-refractivity contribution in [2.24, 2.45) is 0 Å². The molecule has 0 spiro atoms. The molecule has 0 unspecified atom stereocenters. The molecule has 4 amide bonds. The van der Waals surface area contributed by atoms with Crippen LogP contribution in [-0.2, 0) is 41.0 Å². The third-order valence-electron chi connectivity index (χ3n) is 7.54. The van der Waals surface area contributed by atoms with Gasteiger partial charge in [0.05, 0.1) is 27.0 Å². The van der Waals surface area contributed by atoms with Crippen LogP contribution in [-0.4, -0.2) is 39.6 Å². The van der Waals surface area contributed by atoms with Gasteiger partial charge >= 0.3 is 0 Å². The van der Waals surface area contributed by atoms with E-state index >= 15 is 0 Å². The zero-order valence-electron chi connectivity index (χ0n) is 24.6. The Hall–Kier alpha value is -4.17. The number of benzene rings is 2. The van der Waals surface area contributed by atoms with Crippen LogP contribution >= 0.6 is 23.2 Å². The van der Waals surface area contributed by atoms with Crippen LogP contribution in [0.3, 0.4) is 0 Å². The van der Waals surface area contributed by atoms with Crippen molar-refractivity contribution in [3.05, 3.63) is 78.4 Å². The van der Waals surface area contributed by atoms with Crippen molar-refractivity contribution < 1.29 is 59.9 Å². The summed E-state index contributed by atoms with van der Waals surface area (Å²) < 4.78 is 28.1. The molecule has 17 heteroatoms. The normalized spacial score (nSPS) is 17.0. The second-order valence-corrected chi connectivity index (χ2v) is 11.4. The van der Waals surface area contributed by atoms with Gasteiger partial charge in [-0.3, -0.25) is 34.1 Å². The van der Waals surface area contributed by atoms with E-state index in [1.807, 2.05) is 0 Å². The van der Waals surface area contributed by atoms with Crippen molar-refractivity contribution in [3.63, 3.8) is 0 Å². The molecule has 250 valence electrons. The number of nitrogens with two attached hydrogens (primary N) is 1. The van der Waals surface area contributed by atoms with Gasteiger partial charge < -0.3 is 10.8 Å². The van der Waals surface area contributed by atoms with E-state index in [2.05, 4.69) is 0 Å². The van der Waals surface area contributed by atoms with Crippen molar-refractivity contribution >= 4 is 75.5 Å². The van der Waals surface area contributed by atoms with Gasteiger partial charge in [0, 0.05) is 58.4 Å². The molecule has 0 radical (unpaired) electrons. The van der Waals surface area contributed by atoms with Crippen LogP contribution in [0.25, 0.3) is 0 Å². The summed E-state index contributed by atoms with van der Waals surface area (Å²) in [6, 6.07) is 3.81. The molecule has 3 N–H and O–H groups in total. The average Bonchev–Trinajstić information content (AvgIpc) is 3.39. The molecule has 0 fully saturated rings. The van der Waals surface area contributed by atoms with E-state index in [1.165, 1.54) is 6.07 Å². The number of hydrogen-bond donors (Lipinski definition) is 2. The molecule has 12 nitrogen and oxygen atoms in total. The molecule has 2 aromatic carbocycles. The van der Waals surface area contributed by atoms with Gasteiger partial charge in [0.1, 0.15) is 16.7 Å². The summed E-state index contributed by atoms with van der Waals surface area (Å²) in [5, 5.41) is 18.0. The van der Waals surface area contributed by atoms with Crippen LogP contribution in [0.1, 0.15) is 58.3 Å². The maximum absolute atomic E-state index is 14.1. The minimum absolute atomic E-state index is 0. The van der Waals surface area contributed by atoms with Crippen molar-refractivity contribution in [2.45, 2.75) is 58.3 Å². The minimum atomic E-state index is -0.947. The van der Waals surface area contributed by atoms with E-state index in [4.69, 9.17) is 38.8 Å². The van der Waals surface area contributed by atoms with E-state index < -0.39 is 57.5 Å². The molecule has 4 aliphatic rings. The molecule has 6 rings (SSSR count). The quantitative estimate of drug-likeness (QED) is 0.125. The van der Waals surface area contributed by atoms with Gasteiger partial charge in [0.25, 0.3) is 35.3 Å². The van der Waals surface area contributed by atoms with Gasteiger partial charge in [0.2, 0.25) is 0 Å². The molecule has 0 atom stereocenters. The third kappa shape index (κ3) is 7.54. The predicted octanol–water partition coefficient (Wildman–Crippen LogP) is 6.02. The Bertz CT molecular complexity index is 1720. The first kappa shape index (κ1) is 37.3. The topological polar surface area (TPSA) is 181 Å². The van der Waals surface area contributed by atoms with Crippen molar-refractivity contribution in [1.29, 1.82) is 0 Å². The van der Waals surface area contributed by atoms with Crippen LogP contribution < -0.4 is 15.5 Å². The minimum Gasteiger partial charge on any atom is -0.481 e. The number of carboxylic acids is 1. The van der Waals surface area contributed by atoms with E-state index in [0.29, 0.717) is 52.9 Å². The fourth-order valence-corrected chi connectivity index (χ4v) is 5.85. The maximum atomic E-state index is 14.1. The number of carbonyl (C=O) groups is 5. The molecule has 2 aliphatic carbocycles. The standard InChI is InChI=1S/C14H10ClFN2O4.C14H12ClFN2O2.C2H4O2.Fe/c15-9-5-10(16)12(6-11(9)18(21)22)17-13(19)7-3-1-2-4-8(7)14(17)20;15-9-5-10(16)12(6-11(9)17)18-13(19)7-3-1-2-4-8(7)14(18)20;1-2(3)4;/h5-6H,1-4H2;5-6H,1-4,17H2;1H3,(H,3,4);. The molecular formula is C30H26Cl2F2FeN4O8. The van der Waals surface area contributed by atoms with Crippen molar-refractivity contribution in [3.8, 4) is 0 Å². The summed E-state index contributed by atoms with van der Waals surface area (Å²) in [6.45, 7) is 1.08. The molecule has 0 bridgehead atoms. The largest absolute Gasteiger partial charge is 0.481 e. The van der Waals surface area contributed by atoms with Crippen LogP contribution in [0, 0.1) is 21.7 Å². The van der Waals surface area contributed by atoms with E-state index in [1.54, 1.807) is 0 Å². The number of carboxylic acid groups (broad SMARTS) is 1. The van der Waals surface area contributed by atoms with E-state index in [0.717, 1.165) is 55.7 Å². The van der Waals surface area contributed by atoms with Gasteiger partial charge in [0.15, 0.2) is 0 Å². The number of aliphatic carboxylic acids is 1. The first-order chi connectivity index (χ1) is 21.6. The summed E-state index contributed by atoms with van der Waals surface area (Å²) in [4.78, 5) is 70.0. The zero-order valence-corrected chi connectivity index (χ0v) is 27.2. The molecule has 0 aromatic heterocycles. The number of nitrogens with zero attached hydrogens (tertiary/aromatic N) is 3. The van der Waals surface area contributed by atoms with Crippen LogP contribution in [0.2, 0.25) is 10.0 Å². The second-order valence-electron chi connectivity index (χ2n) is 10.6. The Kier molecular flexibility index (Phi) is 12.0. The Morgan fingerprint density at radius 1 is 0.766 bits per heavy atom. The molecule has 2 heterocycles. The number of anilines is 3. The SMILES string of the molecule is CC(=O)O.Nc1cc(N2C(=O)C3=C(CCCC3)C2=O)c(F)cc1Cl.O=C1C2=C(CCCC2)C(=O)N1c1cc([N+](=O)[O-])c(Cl)cc1F.[Fe]. The van der Waals surface area contributed by atoms with Gasteiger partial charge in [-0.1, -0.05) is 23.2 Å². The smallest absolute Gasteiger partial charge is 0.300 e. The van der Waals surface area contributed by atoms with Gasteiger partial charge in [-0.2, -0.15) is 0 Å². The van der Waals surface area contributed by atoms with Gasteiger partial charge in [-0.25, -0.2) is 18.6 Å². The molecule has 2 aliphatic heterocycles. The Morgan fingerprint density at radius 2 is 1.09 bits per heavy atom. The van der Waals surface area contributed by atoms with Gasteiger partial charge in [-0.05, 0) is 63.5 Å². The third-order valence-corrected chi connectivity index (χ3v) is 8.17. The molecule has 0 saturated heterocycles. The first-order valence-electron chi connectivity index (χ1n) is 13.9. The van der Waals surface area contributed by atoms with Crippen LogP contribution in [0.5, 0.6) is 0 Å². The van der Waals surface area contributed by atoms with Gasteiger partial charge in [-0.15, -0.1) is 0 Å². The summed E-state index contributed by atoms with van der Waals surface area (Å²) in [7, 11) is 0. The monoisotopic (exact) mass is 734 g/mol. The maximum Gasteiger partial charge on any atom is 0.300 e.